The van der Waals surface area contributed by atoms with Crippen LogP contribution in [0.5, 0.6) is 5.75 Å². The van der Waals surface area contributed by atoms with Crippen LogP contribution in [0.25, 0.3) is 0 Å². The van der Waals surface area contributed by atoms with Crippen LogP contribution < -0.4 is 9.64 Å². The van der Waals surface area contributed by atoms with E-state index in [2.05, 4.69) is 4.90 Å². The zero-order valence-corrected chi connectivity index (χ0v) is 16.0. The van der Waals surface area contributed by atoms with Gasteiger partial charge < -0.3 is 9.64 Å². The van der Waals surface area contributed by atoms with Gasteiger partial charge in [-0.05, 0) is 24.3 Å². The Morgan fingerprint density at radius 2 is 1.68 bits per heavy atom. The van der Waals surface area contributed by atoms with Crippen molar-refractivity contribution in [3.05, 3.63) is 52.5 Å². The normalized spacial score (nSPS) is 16.0. The van der Waals surface area contributed by atoms with Crippen LogP contribution in [0, 0.1) is 0 Å². The van der Waals surface area contributed by atoms with E-state index in [-0.39, 0.29) is 10.6 Å². The predicted octanol–water partition coefficient (Wildman–Crippen LogP) is 3.51. The molecular formula is C17H18Cl2N2O3S. The van der Waals surface area contributed by atoms with E-state index >= 15 is 0 Å². The van der Waals surface area contributed by atoms with Gasteiger partial charge in [-0.25, -0.2) is 8.42 Å². The summed E-state index contributed by atoms with van der Waals surface area (Å²) < 4.78 is 32.5. The molecule has 134 valence electrons. The van der Waals surface area contributed by atoms with Gasteiger partial charge in [0.05, 0.1) is 17.8 Å². The summed E-state index contributed by atoms with van der Waals surface area (Å²) in [5, 5.41) is 1.09. The maximum atomic E-state index is 12.9. The van der Waals surface area contributed by atoms with E-state index in [0.29, 0.717) is 36.2 Å². The zero-order chi connectivity index (χ0) is 18.0. The van der Waals surface area contributed by atoms with E-state index in [1.165, 1.54) is 23.5 Å². The van der Waals surface area contributed by atoms with Crippen LogP contribution in [0.3, 0.4) is 0 Å². The number of rotatable bonds is 4. The number of benzene rings is 2. The summed E-state index contributed by atoms with van der Waals surface area (Å²) in [6, 6.07) is 12.1. The second-order valence-corrected chi connectivity index (χ2v) is 8.39. The van der Waals surface area contributed by atoms with Gasteiger partial charge in [0.2, 0.25) is 10.0 Å². The molecule has 0 spiro atoms. The molecule has 0 bridgehead atoms. The zero-order valence-electron chi connectivity index (χ0n) is 13.7. The summed E-state index contributed by atoms with van der Waals surface area (Å²) in [4.78, 5) is 2.22. The molecule has 25 heavy (non-hydrogen) atoms. The molecule has 0 atom stereocenters. The second-order valence-electron chi connectivity index (χ2n) is 5.64. The van der Waals surface area contributed by atoms with Gasteiger partial charge in [0.25, 0.3) is 0 Å². The molecule has 1 saturated heterocycles. The average molecular weight is 401 g/mol. The van der Waals surface area contributed by atoms with Crippen molar-refractivity contribution in [3.8, 4) is 5.75 Å². The number of ether oxygens (including phenoxy) is 1. The smallest absolute Gasteiger partial charge is 0.246 e. The van der Waals surface area contributed by atoms with Crippen molar-refractivity contribution in [1.82, 2.24) is 4.31 Å². The van der Waals surface area contributed by atoms with E-state index in [1.54, 1.807) is 6.07 Å². The highest BCUT2D eigenvalue weighted by molar-refractivity contribution is 7.89. The summed E-state index contributed by atoms with van der Waals surface area (Å²) in [5.41, 5.74) is 0.922. The predicted molar refractivity (Wildman–Crippen MR) is 100 cm³/mol. The molecule has 2 aromatic carbocycles. The summed E-state index contributed by atoms with van der Waals surface area (Å²) in [6.07, 6.45) is 0. The second kappa shape index (κ2) is 7.41. The number of hydrogen-bond acceptors (Lipinski definition) is 4. The standard InChI is InChI=1S/C17H18Cl2N2O3S/c1-24-16-12-13(18)6-7-17(16)25(22,23)21-10-8-20(9-11-21)15-5-3-2-4-14(15)19/h2-7,12H,8-11H2,1H3. The summed E-state index contributed by atoms with van der Waals surface area (Å²) in [6.45, 7) is 1.89. The first-order chi connectivity index (χ1) is 11.9. The third-order valence-electron chi connectivity index (χ3n) is 4.18. The molecule has 1 aliphatic heterocycles. The molecule has 0 radical (unpaired) electrons. The lowest BCUT2D eigenvalue weighted by Gasteiger charge is -2.35. The molecule has 0 aromatic heterocycles. The molecule has 0 amide bonds. The van der Waals surface area contributed by atoms with E-state index in [1.807, 2.05) is 24.3 Å². The molecule has 0 saturated carbocycles. The molecule has 8 heteroatoms. The number of para-hydroxylation sites is 1. The van der Waals surface area contributed by atoms with Gasteiger partial charge in [-0.1, -0.05) is 35.3 Å². The molecule has 2 aromatic rings. The van der Waals surface area contributed by atoms with E-state index < -0.39 is 10.0 Å². The van der Waals surface area contributed by atoms with Gasteiger partial charge in [0, 0.05) is 37.3 Å². The van der Waals surface area contributed by atoms with Crippen LogP contribution in [0.1, 0.15) is 0 Å². The molecule has 0 unspecified atom stereocenters. The first-order valence-corrected chi connectivity index (χ1v) is 9.96. The molecule has 1 heterocycles. The third kappa shape index (κ3) is 3.72. The monoisotopic (exact) mass is 400 g/mol. The van der Waals surface area contributed by atoms with Crippen LogP contribution in [0.15, 0.2) is 47.4 Å². The number of nitrogens with zero attached hydrogens (tertiary/aromatic N) is 2. The maximum Gasteiger partial charge on any atom is 0.246 e. The molecule has 1 aliphatic rings. The van der Waals surface area contributed by atoms with E-state index in [9.17, 15) is 8.42 Å². The number of anilines is 1. The Hall–Kier alpha value is -1.47. The van der Waals surface area contributed by atoms with Crippen LogP contribution in [-0.2, 0) is 10.0 Å². The van der Waals surface area contributed by atoms with E-state index in [4.69, 9.17) is 27.9 Å². The summed E-state index contributed by atoms with van der Waals surface area (Å²) in [5.74, 6) is 0.251. The molecule has 3 rings (SSSR count). The number of methoxy groups -OCH3 is 1. The van der Waals surface area contributed by atoms with Crippen molar-refractivity contribution in [2.45, 2.75) is 4.90 Å². The number of piperazine rings is 1. The topological polar surface area (TPSA) is 49.9 Å². The Balaban J connectivity index is 1.79. The Bertz CT molecular complexity index is 866. The SMILES string of the molecule is COc1cc(Cl)ccc1S(=O)(=O)N1CCN(c2ccccc2Cl)CC1. The quantitative estimate of drug-likeness (QED) is 0.787. The number of sulfonamides is 1. The minimum absolute atomic E-state index is 0.130. The van der Waals surface area contributed by atoms with Crippen molar-refractivity contribution in [2.75, 3.05) is 38.2 Å². The van der Waals surface area contributed by atoms with E-state index in [0.717, 1.165) is 5.69 Å². The lowest BCUT2D eigenvalue weighted by Crippen LogP contribution is -2.48. The molecular weight excluding hydrogens is 383 g/mol. The van der Waals surface area contributed by atoms with Crippen molar-refractivity contribution in [1.29, 1.82) is 0 Å². The molecule has 5 nitrogen and oxygen atoms in total. The van der Waals surface area contributed by atoms with Gasteiger partial charge in [0.1, 0.15) is 10.6 Å². The fraction of sp³-hybridized carbons (Fsp3) is 0.294. The molecule has 0 aliphatic carbocycles. The Kier molecular flexibility index (Phi) is 5.43. The minimum atomic E-state index is -3.65. The maximum absolute atomic E-state index is 12.9. The summed E-state index contributed by atoms with van der Waals surface area (Å²) in [7, 11) is -2.22. The molecule has 1 fully saturated rings. The lowest BCUT2D eigenvalue weighted by molar-refractivity contribution is 0.374. The number of halogens is 2. The first kappa shape index (κ1) is 18.3. The summed E-state index contributed by atoms with van der Waals surface area (Å²) >= 11 is 12.2. The average Bonchev–Trinajstić information content (AvgIpc) is 2.62. The third-order valence-corrected chi connectivity index (χ3v) is 6.67. The van der Waals surface area contributed by atoms with Gasteiger partial charge in [-0.3, -0.25) is 0 Å². The van der Waals surface area contributed by atoms with Crippen molar-refractivity contribution in [2.24, 2.45) is 0 Å². The highest BCUT2D eigenvalue weighted by Crippen LogP contribution is 2.31. The first-order valence-electron chi connectivity index (χ1n) is 7.76. The highest BCUT2D eigenvalue weighted by atomic mass is 35.5. The van der Waals surface area contributed by atoms with Crippen LogP contribution in [-0.4, -0.2) is 46.0 Å². The Morgan fingerprint density at radius 3 is 2.32 bits per heavy atom. The number of hydrogen-bond donors (Lipinski definition) is 0. The molecule has 0 N–H and O–H groups in total. The fourth-order valence-corrected chi connectivity index (χ4v) is 4.85. The van der Waals surface area contributed by atoms with Gasteiger partial charge in [-0.15, -0.1) is 0 Å². The lowest BCUT2D eigenvalue weighted by atomic mass is 10.2. The minimum Gasteiger partial charge on any atom is -0.495 e. The van der Waals surface area contributed by atoms with Crippen molar-refractivity contribution >= 4 is 38.9 Å². The van der Waals surface area contributed by atoms with Gasteiger partial charge in [0.15, 0.2) is 0 Å². The van der Waals surface area contributed by atoms with Crippen LogP contribution >= 0.6 is 23.2 Å². The highest BCUT2D eigenvalue weighted by Gasteiger charge is 2.31. The largest absolute Gasteiger partial charge is 0.495 e. The Labute approximate surface area is 157 Å². The van der Waals surface area contributed by atoms with Gasteiger partial charge >= 0.3 is 0 Å². The van der Waals surface area contributed by atoms with Gasteiger partial charge in [-0.2, -0.15) is 4.31 Å². The van der Waals surface area contributed by atoms with Crippen molar-refractivity contribution < 1.29 is 13.2 Å². The van der Waals surface area contributed by atoms with Crippen LogP contribution in [0.2, 0.25) is 10.0 Å². The van der Waals surface area contributed by atoms with Crippen LogP contribution in [0.4, 0.5) is 5.69 Å². The van der Waals surface area contributed by atoms with Crippen molar-refractivity contribution in [3.63, 3.8) is 0 Å². The Morgan fingerprint density at radius 1 is 1.00 bits per heavy atom. The fourth-order valence-electron chi connectivity index (χ4n) is 2.87.